The fourth-order valence-electron chi connectivity index (χ4n) is 3.93. The van der Waals surface area contributed by atoms with Crippen LogP contribution in [0.25, 0.3) is 5.57 Å². The molecule has 0 aromatic heterocycles. The molecular formula is C23H23ClFN3O2. The summed E-state index contributed by atoms with van der Waals surface area (Å²) in [5, 5.41) is 0.487. The van der Waals surface area contributed by atoms with Crippen molar-refractivity contribution < 1.29 is 14.0 Å². The van der Waals surface area contributed by atoms with Crippen molar-refractivity contribution in [3.63, 3.8) is 0 Å². The number of hydrogen-bond donors (Lipinski definition) is 0. The van der Waals surface area contributed by atoms with E-state index in [-0.39, 0.29) is 5.91 Å². The molecule has 2 aromatic carbocycles. The Morgan fingerprint density at radius 2 is 1.63 bits per heavy atom. The number of likely N-dealkylation sites (N-methyl/N-ethyl adjacent to an activating group) is 1. The molecule has 2 aliphatic rings. The van der Waals surface area contributed by atoms with Crippen molar-refractivity contribution in [1.29, 1.82) is 0 Å². The first kappa shape index (κ1) is 20.6. The Bertz CT molecular complexity index is 1030. The summed E-state index contributed by atoms with van der Waals surface area (Å²) in [4.78, 5) is 32.4. The van der Waals surface area contributed by atoms with Crippen molar-refractivity contribution in [2.75, 3.05) is 37.6 Å². The number of hydrogen-bond acceptors (Lipinski definition) is 4. The van der Waals surface area contributed by atoms with Gasteiger partial charge in [-0.05, 0) is 48.9 Å². The molecule has 30 heavy (non-hydrogen) atoms. The van der Waals surface area contributed by atoms with Gasteiger partial charge in [0.15, 0.2) is 0 Å². The van der Waals surface area contributed by atoms with Gasteiger partial charge in [-0.25, -0.2) is 9.29 Å². The first-order valence-electron chi connectivity index (χ1n) is 10.0. The molecule has 2 amide bonds. The Morgan fingerprint density at radius 1 is 0.967 bits per heavy atom. The summed E-state index contributed by atoms with van der Waals surface area (Å²) in [5.41, 5.74) is 2.51. The van der Waals surface area contributed by atoms with E-state index in [9.17, 15) is 14.0 Å². The number of piperazine rings is 1. The highest BCUT2D eigenvalue weighted by atomic mass is 35.5. The quantitative estimate of drug-likeness (QED) is 0.698. The van der Waals surface area contributed by atoms with Crippen molar-refractivity contribution >= 4 is 34.7 Å². The Morgan fingerprint density at radius 3 is 2.23 bits per heavy atom. The predicted octanol–water partition coefficient (Wildman–Crippen LogP) is 3.71. The number of halogens is 2. The smallest absolute Gasteiger partial charge is 0.282 e. The summed E-state index contributed by atoms with van der Waals surface area (Å²) in [6, 6.07) is 10.8. The Labute approximate surface area is 180 Å². The molecule has 0 unspecified atom stereocenters. The van der Waals surface area contributed by atoms with Crippen molar-refractivity contribution in [3.8, 4) is 0 Å². The van der Waals surface area contributed by atoms with E-state index in [0.29, 0.717) is 40.6 Å². The SMILES string of the molecule is CCN1CCN(C2=C(c3ccc(F)cc3)C(=O)N(c3ccc(C)c(Cl)c3)C2=O)CC1. The van der Waals surface area contributed by atoms with Crippen LogP contribution in [0.1, 0.15) is 18.1 Å². The summed E-state index contributed by atoms with van der Waals surface area (Å²) in [5.74, 6) is -1.18. The lowest BCUT2D eigenvalue weighted by molar-refractivity contribution is -0.120. The molecule has 0 aliphatic carbocycles. The van der Waals surface area contributed by atoms with Crippen molar-refractivity contribution in [3.05, 3.63) is 70.1 Å². The molecule has 0 saturated carbocycles. The summed E-state index contributed by atoms with van der Waals surface area (Å²) < 4.78 is 13.5. The topological polar surface area (TPSA) is 43.9 Å². The van der Waals surface area contributed by atoms with Gasteiger partial charge in [0.2, 0.25) is 0 Å². The first-order chi connectivity index (χ1) is 14.4. The maximum atomic E-state index is 13.5. The van der Waals surface area contributed by atoms with Crippen LogP contribution < -0.4 is 4.90 Å². The fourth-order valence-corrected chi connectivity index (χ4v) is 4.11. The molecular weight excluding hydrogens is 405 g/mol. The molecule has 0 bridgehead atoms. The van der Waals surface area contributed by atoms with E-state index in [1.807, 2.05) is 11.8 Å². The zero-order valence-electron chi connectivity index (χ0n) is 17.0. The highest BCUT2D eigenvalue weighted by molar-refractivity contribution is 6.45. The molecule has 1 saturated heterocycles. The lowest BCUT2D eigenvalue weighted by atomic mass is 10.0. The second kappa shape index (κ2) is 8.20. The monoisotopic (exact) mass is 427 g/mol. The maximum absolute atomic E-state index is 13.5. The third-order valence-electron chi connectivity index (χ3n) is 5.74. The summed E-state index contributed by atoms with van der Waals surface area (Å²) in [6.07, 6.45) is 0. The molecule has 0 atom stereocenters. The molecule has 2 aliphatic heterocycles. The van der Waals surface area contributed by atoms with Gasteiger partial charge in [-0.1, -0.05) is 36.7 Å². The molecule has 7 heteroatoms. The van der Waals surface area contributed by atoms with E-state index in [4.69, 9.17) is 11.6 Å². The standard InChI is InChI=1S/C23H23ClFN3O2/c1-3-26-10-12-27(13-11-26)21-20(16-5-7-17(25)8-6-16)22(29)28(23(21)30)18-9-4-15(2)19(24)14-18/h4-9,14H,3,10-13H2,1-2H3. The van der Waals surface area contributed by atoms with E-state index < -0.39 is 11.7 Å². The van der Waals surface area contributed by atoms with Gasteiger partial charge >= 0.3 is 0 Å². The van der Waals surface area contributed by atoms with Crippen LogP contribution in [0.2, 0.25) is 5.02 Å². The number of aryl methyl sites for hydroxylation is 1. The zero-order chi connectivity index (χ0) is 21.4. The maximum Gasteiger partial charge on any atom is 0.282 e. The number of amides is 2. The van der Waals surface area contributed by atoms with E-state index in [1.54, 1.807) is 30.3 Å². The first-order valence-corrected chi connectivity index (χ1v) is 10.4. The minimum atomic E-state index is -0.417. The number of anilines is 1. The number of benzene rings is 2. The van der Waals surface area contributed by atoms with Crippen molar-refractivity contribution in [1.82, 2.24) is 9.80 Å². The van der Waals surface area contributed by atoms with Crippen molar-refractivity contribution in [2.24, 2.45) is 0 Å². The average Bonchev–Trinajstić information content (AvgIpc) is 3.01. The fraction of sp³-hybridized carbons (Fsp3) is 0.304. The third-order valence-corrected chi connectivity index (χ3v) is 6.15. The van der Waals surface area contributed by atoms with Crippen LogP contribution in [0.15, 0.2) is 48.2 Å². The van der Waals surface area contributed by atoms with Crippen LogP contribution in [0, 0.1) is 12.7 Å². The lowest BCUT2D eigenvalue weighted by Gasteiger charge is -2.36. The zero-order valence-corrected chi connectivity index (χ0v) is 17.7. The largest absolute Gasteiger partial charge is 0.364 e. The average molecular weight is 428 g/mol. The summed E-state index contributed by atoms with van der Waals surface area (Å²) >= 11 is 6.26. The van der Waals surface area contributed by atoms with Gasteiger partial charge in [-0.3, -0.25) is 9.59 Å². The summed E-state index contributed by atoms with van der Waals surface area (Å²) in [7, 11) is 0. The van der Waals surface area contributed by atoms with E-state index in [1.165, 1.54) is 17.0 Å². The lowest BCUT2D eigenvalue weighted by Crippen LogP contribution is -2.47. The van der Waals surface area contributed by atoms with Gasteiger partial charge in [0.1, 0.15) is 11.5 Å². The van der Waals surface area contributed by atoms with E-state index >= 15 is 0 Å². The van der Waals surface area contributed by atoms with E-state index in [2.05, 4.69) is 11.8 Å². The van der Waals surface area contributed by atoms with Gasteiger partial charge in [-0.2, -0.15) is 0 Å². The third kappa shape index (κ3) is 3.61. The number of carbonyl (C=O) groups excluding carboxylic acids is 2. The number of rotatable bonds is 4. The van der Waals surface area contributed by atoms with Crippen LogP contribution in [0.3, 0.4) is 0 Å². The van der Waals surface area contributed by atoms with Crippen LogP contribution in [-0.4, -0.2) is 54.3 Å². The molecule has 4 rings (SSSR count). The minimum absolute atomic E-state index is 0.307. The van der Waals surface area contributed by atoms with Gasteiger partial charge in [-0.15, -0.1) is 0 Å². The molecule has 0 spiro atoms. The van der Waals surface area contributed by atoms with Crippen LogP contribution in [0.5, 0.6) is 0 Å². The normalized spacial score (nSPS) is 18.0. The Balaban J connectivity index is 1.78. The van der Waals surface area contributed by atoms with Crippen LogP contribution >= 0.6 is 11.6 Å². The van der Waals surface area contributed by atoms with Gasteiger partial charge in [0.25, 0.3) is 11.8 Å². The second-order valence-corrected chi connectivity index (χ2v) is 7.94. The number of carbonyl (C=O) groups is 2. The highest BCUT2D eigenvalue weighted by Crippen LogP contribution is 2.36. The molecule has 0 radical (unpaired) electrons. The summed E-state index contributed by atoms with van der Waals surface area (Å²) in [6.45, 7) is 7.83. The molecule has 2 heterocycles. The van der Waals surface area contributed by atoms with Gasteiger partial charge in [0, 0.05) is 31.2 Å². The van der Waals surface area contributed by atoms with Crippen molar-refractivity contribution in [2.45, 2.75) is 13.8 Å². The van der Waals surface area contributed by atoms with Gasteiger partial charge < -0.3 is 9.80 Å². The Hall–Kier alpha value is -2.70. The van der Waals surface area contributed by atoms with Gasteiger partial charge in [0.05, 0.1) is 11.3 Å². The highest BCUT2D eigenvalue weighted by Gasteiger charge is 2.43. The molecule has 2 aromatic rings. The Kier molecular flexibility index (Phi) is 5.62. The number of nitrogens with zero attached hydrogens (tertiary/aromatic N) is 3. The molecule has 156 valence electrons. The van der Waals surface area contributed by atoms with Crippen LogP contribution in [0.4, 0.5) is 10.1 Å². The molecule has 0 N–H and O–H groups in total. The number of imide groups is 1. The van der Waals surface area contributed by atoms with E-state index in [0.717, 1.165) is 25.2 Å². The second-order valence-electron chi connectivity index (χ2n) is 7.53. The predicted molar refractivity (Wildman–Crippen MR) is 116 cm³/mol. The molecule has 5 nitrogen and oxygen atoms in total. The van der Waals surface area contributed by atoms with Crippen LogP contribution in [-0.2, 0) is 9.59 Å². The minimum Gasteiger partial charge on any atom is -0.364 e. The molecule has 1 fully saturated rings.